The first-order valence-corrected chi connectivity index (χ1v) is 6.64. The van der Waals surface area contributed by atoms with Crippen LogP contribution in [0.3, 0.4) is 0 Å². The minimum atomic E-state index is -0.0341. The molecule has 19 heavy (non-hydrogen) atoms. The van der Waals surface area contributed by atoms with E-state index in [0.29, 0.717) is 28.1 Å². The largest absolute Gasteiger partial charge is 0.487 e. The lowest BCUT2D eigenvalue weighted by Gasteiger charge is -2.12. The van der Waals surface area contributed by atoms with Gasteiger partial charge in [-0.2, -0.15) is 0 Å². The van der Waals surface area contributed by atoms with Gasteiger partial charge in [0.2, 0.25) is 0 Å². The molecule has 2 aromatic rings. The summed E-state index contributed by atoms with van der Waals surface area (Å²) in [4.78, 5) is 11.4. The summed E-state index contributed by atoms with van der Waals surface area (Å²) in [6.45, 7) is 1.95. The Morgan fingerprint density at radius 2 is 1.89 bits per heavy atom. The molecular formula is C15H14BrNO2. The lowest BCUT2D eigenvalue weighted by molar-refractivity contribution is 0.101. The van der Waals surface area contributed by atoms with E-state index in [0.717, 1.165) is 5.56 Å². The topological polar surface area (TPSA) is 52.3 Å². The Morgan fingerprint density at radius 3 is 2.53 bits per heavy atom. The van der Waals surface area contributed by atoms with E-state index in [1.54, 1.807) is 12.1 Å². The molecule has 0 aliphatic rings. The number of carbonyl (C=O) groups excluding carboxylic acids is 1. The van der Waals surface area contributed by atoms with Crippen molar-refractivity contribution in [1.29, 1.82) is 0 Å². The summed E-state index contributed by atoms with van der Waals surface area (Å²) < 4.78 is 6.26. The van der Waals surface area contributed by atoms with Crippen LogP contribution < -0.4 is 10.5 Å². The molecule has 2 rings (SSSR count). The average Bonchev–Trinajstić information content (AvgIpc) is 2.41. The highest BCUT2D eigenvalue weighted by Gasteiger charge is 2.12. The summed E-state index contributed by atoms with van der Waals surface area (Å²) in [6, 6.07) is 13.3. The Hall–Kier alpha value is -1.81. The normalized spacial score (nSPS) is 10.2. The minimum Gasteiger partial charge on any atom is -0.487 e. The van der Waals surface area contributed by atoms with Crippen LogP contribution in [0.4, 0.5) is 5.69 Å². The Balaban J connectivity index is 2.18. The monoisotopic (exact) mass is 319 g/mol. The van der Waals surface area contributed by atoms with Crippen LogP contribution in [0.5, 0.6) is 5.75 Å². The van der Waals surface area contributed by atoms with Gasteiger partial charge in [0, 0.05) is 5.56 Å². The van der Waals surface area contributed by atoms with Gasteiger partial charge in [-0.3, -0.25) is 4.79 Å². The van der Waals surface area contributed by atoms with Crippen molar-refractivity contribution in [3.8, 4) is 5.75 Å². The first-order chi connectivity index (χ1) is 9.09. The highest BCUT2D eigenvalue weighted by atomic mass is 79.9. The quantitative estimate of drug-likeness (QED) is 0.688. The van der Waals surface area contributed by atoms with E-state index in [1.165, 1.54) is 6.92 Å². The Bertz CT molecular complexity index is 597. The van der Waals surface area contributed by atoms with E-state index in [2.05, 4.69) is 15.9 Å². The Labute approximate surface area is 120 Å². The van der Waals surface area contributed by atoms with Gasteiger partial charge in [0.15, 0.2) is 5.78 Å². The summed E-state index contributed by atoms with van der Waals surface area (Å²) >= 11 is 3.33. The van der Waals surface area contributed by atoms with Crippen molar-refractivity contribution >= 4 is 27.4 Å². The maximum absolute atomic E-state index is 11.4. The van der Waals surface area contributed by atoms with Crippen molar-refractivity contribution in [3.05, 3.63) is 58.1 Å². The van der Waals surface area contributed by atoms with Crippen molar-refractivity contribution in [2.24, 2.45) is 0 Å². The molecule has 3 nitrogen and oxygen atoms in total. The maximum Gasteiger partial charge on any atom is 0.161 e. The molecule has 0 aromatic heterocycles. The van der Waals surface area contributed by atoms with E-state index in [4.69, 9.17) is 10.5 Å². The second kappa shape index (κ2) is 5.89. The fourth-order valence-electron chi connectivity index (χ4n) is 1.71. The third kappa shape index (κ3) is 3.15. The Morgan fingerprint density at radius 1 is 1.21 bits per heavy atom. The van der Waals surface area contributed by atoms with Crippen molar-refractivity contribution in [3.63, 3.8) is 0 Å². The van der Waals surface area contributed by atoms with E-state index < -0.39 is 0 Å². The zero-order valence-electron chi connectivity index (χ0n) is 10.5. The summed E-state index contributed by atoms with van der Waals surface area (Å²) in [5.74, 6) is 0.536. The predicted octanol–water partition coefficient (Wildman–Crippen LogP) is 3.81. The molecule has 0 aliphatic carbocycles. The van der Waals surface area contributed by atoms with Gasteiger partial charge in [-0.05, 0) is 40.5 Å². The maximum atomic E-state index is 11.4. The number of halogens is 1. The number of carbonyl (C=O) groups is 1. The van der Waals surface area contributed by atoms with Crippen LogP contribution in [0.2, 0.25) is 0 Å². The third-order valence-corrected chi connectivity index (χ3v) is 3.61. The molecule has 0 radical (unpaired) electrons. The van der Waals surface area contributed by atoms with E-state index in [-0.39, 0.29) is 5.78 Å². The molecule has 0 atom stereocenters. The number of ketones is 1. The van der Waals surface area contributed by atoms with Gasteiger partial charge in [0.1, 0.15) is 12.4 Å². The molecule has 0 aliphatic heterocycles. The highest BCUT2D eigenvalue weighted by molar-refractivity contribution is 9.10. The molecule has 0 amide bonds. The molecule has 0 saturated carbocycles. The van der Waals surface area contributed by atoms with E-state index in [9.17, 15) is 4.79 Å². The van der Waals surface area contributed by atoms with Gasteiger partial charge < -0.3 is 10.5 Å². The van der Waals surface area contributed by atoms with Crippen LogP contribution in [0.25, 0.3) is 0 Å². The molecule has 0 fully saturated rings. The molecule has 98 valence electrons. The number of benzene rings is 2. The standard InChI is InChI=1S/C15H14BrNO2/c1-10(18)12-7-8-13(15(17)14(12)16)19-9-11-5-3-2-4-6-11/h2-8H,9,17H2,1H3. The number of nitrogens with two attached hydrogens (primary N) is 1. The van der Waals surface area contributed by atoms with Crippen LogP contribution in [-0.4, -0.2) is 5.78 Å². The fraction of sp³-hybridized carbons (Fsp3) is 0.133. The molecule has 0 heterocycles. The number of ether oxygens (including phenoxy) is 1. The predicted molar refractivity (Wildman–Crippen MR) is 79.3 cm³/mol. The van der Waals surface area contributed by atoms with Gasteiger partial charge >= 0.3 is 0 Å². The van der Waals surface area contributed by atoms with Gasteiger partial charge in [-0.1, -0.05) is 30.3 Å². The third-order valence-electron chi connectivity index (χ3n) is 2.76. The number of Topliss-reactive ketones (excluding diaryl/α,β-unsaturated/α-hetero) is 1. The minimum absolute atomic E-state index is 0.0341. The van der Waals surface area contributed by atoms with Crippen LogP contribution in [0, 0.1) is 0 Å². The molecule has 0 unspecified atom stereocenters. The zero-order chi connectivity index (χ0) is 13.8. The van der Waals surface area contributed by atoms with Gasteiger partial charge in [0.25, 0.3) is 0 Å². The number of nitrogen functional groups attached to an aromatic ring is 1. The molecule has 2 aromatic carbocycles. The lowest BCUT2D eigenvalue weighted by Crippen LogP contribution is -2.02. The number of anilines is 1. The van der Waals surface area contributed by atoms with Crippen LogP contribution in [0.1, 0.15) is 22.8 Å². The first kappa shape index (κ1) is 13.6. The molecule has 0 bridgehead atoms. The highest BCUT2D eigenvalue weighted by Crippen LogP contribution is 2.33. The molecular weight excluding hydrogens is 306 g/mol. The average molecular weight is 320 g/mol. The van der Waals surface area contributed by atoms with Crippen LogP contribution in [-0.2, 0) is 6.61 Å². The zero-order valence-corrected chi connectivity index (χ0v) is 12.1. The van der Waals surface area contributed by atoms with Crippen LogP contribution >= 0.6 is 15.9 Å². The van der Waals surface area contributed by atoms with Crippen molar-refractivity contribution < 1.29 is 9.53 Å². The first-order valence-electron chi connectivity index (χ1n) is 5.85. The smallest absolute Gasteiger partial charge is 0.161 e. The van der Waals surface area contributed by atoms with Crippen molar-refractivity contribution in [1.82, 2.24) is 0 Å². The van der Waals surface area contributed by atoms with E-state index >= 15 is 0 Å². The molecule has 2 N–H and O–H groups in total. The number of hydrogen-bond donors (Lipinski definition) is 1. The lowest BCUT2D eigenvalue weighted by atomic mass is 10.1. The van der Waals surface area contributed by atoms with Gasteiger partial charge in [-0.25, -0.2) is 0 Å². The van der Waals surface area contributed by atoms with Gasteiger partial charge in [0.05, 0.1) is 10.2 Å². The summed E-state index contributed by atoms with van der Waals surface area (Å²) in [7, 11) is 0. The van der Waals surface area contributed by atoms with Crippen molar-refractivity contribution in [2.45, 2.75) is 13.5 Å². The van der Waals surface area contributed by atoms with Gasteiger partial charge in [-0.15, -0.1) is 0 Å². The Kier molecular flexibility index (Phi) is 4.22. The van der Waals surface area contributed by atoms with E-state index in [1.807, 2.05) is 30.3 Å². The summed E-state index contributed by atoms with van der Waals surface area (Å²) in [5, 5.41) is 0. The second-order valence-corrected chi connectivity index (χ2v) is 4.96. The molecule has 0 spiro atoms. The fourth-order valence-corrected chi connectivity index (χ4v) is 2.32. The molecule has 4 heteroatoms. The summed E-state index contributed by atoms with van der Waals surface area (Å²) in [5.41, 5.74) is 8.03. The number of rotatable bonds is 4. The number of hydrogen-bond acceptors (Lipinski definition) is 3. The SMILES string of the molecule is CC(=O)c1ccc(OCc2ccccc2)c(N)c1Br. The summed E-state index contributed by atoms with van der Waals surface area (Å²) in [6.07, 6.45) is 0. The van der Waals surface area contributed by atoms with Crippen LogP contribution in [0.15, 0.2) is 46.9 Å². The van der Waals surface area contributed by atoms with Crippen molar-refractivity contribution in [2.75, 3.05) is 5.73 Å². The second-order valence-electron chi connectivity index (χ2n) is 4.17. The molecule has 0 saturated heterocycles.